The van der Waals surface area contributed by atoms with Crippen LogP contribution in [0.3, 0.4) is 0 Å². The van der Waals surface area contributed by atoms with Gasteiger partial charge < -0.3 is 0 Å². The maximum absolute atomic E-state index is 11.6. The summed E-state index contributed by atoms with van der Waals surface area (Å²) in [6.45, 7) is 4.81. The second kappa shape index (κ2) is 5.21. The highest BCUT2D eigenvalue weighted by Gasteiger charge is 2.28. The second-order valence-corrected chi connectivity index (χ2v) is 5.13. The lowest BCUT2D eigenvalue weighted by Crippen LogP contribution is -2.05. The number of ketones is 1. The summed E-state index contributed by atoms with van der Waals surface area (Å²) in [7, 11) is 0. The molecule has 17 heavy (non-hydrogen) atoms. The summed E-state index contributed by atoms with van der Waals surface area (Å²) in [4.78, 5) is 11.6. The van der Waals surface area contributed by atoms with Crippen molar-refractivity contribution in [1.82, 2.24) is 9.78 Å². The van der Waals surface area contributed by atoms with Crippen molar-refractivity contribution >= 4 is 17.4 Å². The van der Waals surface area contributed by atoms with Gasteiger partial charge in [-0.25, -0.2) is 0 Å². The summed E-state index contributed by atoms with van der Waals surface area (Å²) < 4.78 is 1.94. The highest BCUT2D eigenvalue weighted by Crippen LogP contribution is 2.31. The Kier molecular flexibility index (Phi) is 3.87. The van der Waals surface area contributed by atoms with Gasteiger partial charge in [-0.05, 0) is 39.5 Å². The Labute approximate surface area is 107 Å². The minimum absolute atomic E-state index is 0.378. The number of hydrogen-bond acceptors (Lipinski definition) is 2. The molecule has 0 N–H and O–H groups in total. The number of hydrogen-bond donors (Lipinski definition) is 0. The zero-order valence-corrected chi connectivity index (χ0v) is 11.3. The molecular weight excluding hydrogens is 236 g/mol. The first-order valence-corrected chi connectivity index (χ1v) is 6.75. The van der Waals surface area contributed by atoms with E-state index in [0.717, 1.165) is 48.6 Å². The molecule has 1 aromatic rings. The molecule has 0 radical (unpaired) electrons. The van der Waals surface area contributed by atoms with Crippen molar-refractivity contribution in [2.45, 2.75) is 52.5 Å². The lowest BCUT2D eigenvalue weighted by Gasteiger charge is -2.04. The van der Waals surface area contributed by atoms with Gasteiger partial charge in [-0.2, -0.15) is 5.10 Å². The van der Waals surface area contributed by atoms with E-state index in [-0.39, 0.29) is 0 Å². The van der Waals surface area contributed by atoms with Gasteiger partial charge in [0.1, 0.15) is 5.78 Å². The molecule has 1 aliphatic carbocycles. The molecular formula is C13H19ClN2O. The van der Waals surface area contributed by atoms with E-state index in [2.05, 4.69) is 12.0 Å². The van der Waals surface area contributed by atoms with E-state index >= 15 is 0 Å². The number of Topliss-reactive ketones (excluding diaryl/α,β-unsaturated/α-hetero) is 1. The average molecular weight is 255 g/mol. The second-order valence-electron chi connectivity index (χ2n) is 4.76. The van der Waals surface area contributed by atoms with E-state index in [1.165, 1.54) is 0 Å². The Morgan fingerprint density at radius 1 is 1.53 bits per heavy atom. The predicted molar refractivity (Wildman–Crippen MR) is 68.3 cm³/mol. The quantitative estimate of drug-likeness (QED) is 0.782. The Morgan fingerprint density at radius 2 is 2.24 bits per heavy atom. The minimum atomic E-state index is 0.378. The number of rotatable bonds is 6. The van der Waals surface area contributed by atoms with Crippen molar-refractivity contribution in [3.05, 3.63) is 16.4 Å². The van der Waals surface area contributed by atoms with Crippen LogP contribution < -0.4 is 0 Å². The third kappa shape index (κ3) is 2.89. The summed E-state index contributed by atoms with van der Waals surface area (Å²) >= 11 is 6.21. The van der Waals surface area contributed by atoms with Crippen molar-refractivity contribution in [3.63, 3.8) is 0 Å². The predicted octanol–water partition coefficient (Wildman–Crippen LogP) is 3.17. The van der Waals surface area contributed by atoms with Crippen LogP contribution in [0.2, 0.25) is 5.02 Å². The molecule has 0 aromatic carbocycles. The van der Waals surface area contributed by atoms with E-state index in [9.17, 15) is 4.79 Å². The molecule has 2 rings (SSSR count). The maximum atomic E-state index is 11.6. The highest BCUT2D eigenvalue weighted by atomic mass is 35.5. The fourth-order valence-corrected chi connectivity index (χ4v) is 2.38. The number of carbonyl (C=O) groups excluding carboxylic acids is 1. The highest BCUT2D eigenvalue weighted by molar-refractivity contribution is 6.31. The van der Waals surface area contributed by atoms with Gasteiger partial charge in [-0.1, -0.05) is 11.6 Å². The van der Waals surface area contributed by atoms with Crippen molar-refractivity contribution in [2.75, 3.05) is 0 Å². The Hall–Kier alpha value is -0.830. The molecule has 0 amide bonds. The third-order valence-corrected chi connectivity index (χ3v) is 3.81. The standard InChI is InChI=1S/C13H19ClN2O/c1-3-16-11(13(14)9(2)15-16)5-4-6-12(17)10-7-8-10/h10H,3-8H2,1-2H3. The molecule has 0 spiro atoms. The SMILES string of the molecule is CCn1nc(C)c(Cl)c1CCCC(=O)C1CC1. The average Bonchev–Trinajstić information content (AvgIpc) is 3.11. The van der Waals surface area contributed by atoms with E-state index in [4.69, 9.17) is 11.6 Å². The largest absolute Gasteiger partial charge is 0.299 e. The van der Waals surface area contributed by atoms with Crippen LogP contribution in [-0.2, 0) is 17.8 Å². The summed E-state index contributed by atoms with van der Waals surface area (Å²) in [5, 5.41) is 5.14. The molecule has 1 aromatic heterocycles. The van der Waals surface area contributed by atoms with E-state index in [1.807, 2.05) is 11.6 Å². The van der Waals surface area contributed by atoms with Gasteiger partial charge in [0.05, 0.1) is 16.4 Å². The number of aromatic nitrogens is 2. The Morgan fingerprint density at radius 3 is 2.82 bits per heavy atom. The summed E-state index contributed by atoms with van der Waals surface area (Å²) in [6.07, 6.45) is 4.64. The zero-order valence-electron chi connectivity index (χ0n) is 10.5. The number of halogens is 1. The molecule has 0 saturated heterocycles. The minimum Gasteiger partial charge on any atom is -0.299 e. The van der Waals surface area contributed by atoms with Crippen LogP contribution in [0.5, 0.6) is 0 Å². The Balaban J connectivity index is 1.91. The topological polar surface area (TPSA) is 34.9 Å². The summed E-state index contributed by atoms with van der Waals surface area (Å²) in [5.41, 5.74) is 1.97. The number of aryl methyl sites for hydroxylation is 2. The lowest BCUT2D eigenvalue weighted by atomic mass is 10.1. The molecule has 0 aliphatic heterocycles. The van der Waals surface area contributed by atoms with Crippen LogP contribution in [-0.4, -0.2) is 15.6 Å². The van der Waals surface area contributed by atoms with Crippen LogP contribution in [0.4, 0.5) is 0 Å². The number of nitrogens with zero attached hydrogens (tertiary/aromatic N) is 2. The van der Waals surface area contributed by atoms with Crippen LogP contribution in [0.15, 0.2) is 0 Å². The molecule has 3 nitrogen and oxygen atoms in total. The molecule has 1 heterocycles. The van der Waals surface area contributed by atoms with Crippen molar-refractivity contribution in [2.24, 2.45) is 5.92 Å². The monoisotopic (exact) mass is 254 g/mol. The third-order valence-electron chi connectivity index (χ3n) is 3.32. The van der Waals surface area contributed by atoms with Gasteiger partial charge in [0.15, 0.2) is 0 Å². The molecule has 0 unspecified atom stereocenters. The summed E-state index contributed by atoms with van der Waals surface area (Å²) in [6, 6.07) is 0. The molecule has 94 valence electrons. The van der Waals surface area contributed by atoms with Gasteiger partial charge in [0, 0.05) is 18.9 Å². The van der Waals surface area contributed by atoms with Crippen molar-refractivity contribution in [3.8, 4) is 0 Å². The molecule has 1 saturated carbocycles. The molecule has 1 fully saturated rings. The van der Waals surface area contributed by atoms with Gasteiger partial charge in [0.25, 0.3) is 0 Å². The molecule has 0 bridgehead atoms. The first-order chi connectivity index (χ1) is 8.13. The first kappa shape index (κ1) is 12.6. The smallest absolute Gasteiger partial charge is 0.135 e. The molecule has 0 atom stereocenters. The fraction of sp³-hybridized carbons (Fsp3) is 0.692. The van der Waals surface area contributed by atoms with E-state index in [1.54, 1.807) is 0 Å². The molecule has 1 aliphatic rings. The molecule has 4 heteroatoms. The van der Waals surface area contributed by atoms with Gasteiger partial charge in [-0.3, -0.25) is 9.48 Å². The van der Waals surface area contributed by atoms with Crippen LogP contribution in [0.25, 0.3) is 0 Å². The Bertz CT molecular complexity index is 421. The van der Waals surface area contributed by atoms with Crippen LogP contribution >= 0.6 is 11.6 Å². The van der Waals surface area contributed by atoms with Gasteiger partial charge >= 0.3 is 0 Å². The van der Waals surface area contributed by atoms with Crippen LogP contribution in [0.1, 0.15) is 44.0 Å². The fourth-order valence-electron chi connectivity index (χ4n) is 2.15. The first-order valence-electron chi connectivity index (χ1n) is 6.38. The van der Waals surface area contributed by atoms with Crippen molar-refractivity contribution < 1.29 is 4.79 Å². The normalized spacial score (nSPS) is 15.2. The van der Waals surface area contributed by atoms with E-state index < -0.39 is 0 Å². The maximum Gasteiger partial charge on any atom is 0.135 e. The zero-order chi connectivity index (χ0) is 12.4. The lowest BCUT2D eigenvalue weighted by molar-refractivity contribution is -0.120. The van der Waals surface area contributed by atoms with Crippen LogP contribution in [0, 0.1) is 12.8 Å². The van der Waals surface area contributed by atoms with Gasteiger partial charge in [0.2, 0.25) is 0 Å². The van der Waals surface area contributed by atoms with Crippen molar-refractivity contribution in [1.29, 1.82) is 0 Å². The summed E-state index contributed by atoms with van der Waals surface area (Å²) in [5.74, 6) is 0.809. The van der Waals surface area contributed by atoms with Gasteiger partial charge in [-0.15, -0.1) is 0 Å². The van der Waals surface area contributed by atoms with E-state index in [0.29, 0.717) is 18.1 Å². The number of carbonyl (C=O) groups is 1.